The lowest BCUT2D eigenvalue weighted by atomic mass is 10.1. The largest absolute Gasteiger partial charge is 0.356 e. The Morgan fingerprint density at radius 1 is 1.12 bits per heavy atom. The van der Waals surface area contributed by atoms with Gasteiger partial charge in [-0.25, -0.2) is 0 Å². The van der Waals surface area contributed by atoms with E-state index in [1.807, 2.05) is 42.5 Å². The first-order valence-corrected chi connectivity index (χ1v) is 8.47. The number of rotatable bonds is 6. The van der Waals surface area contributed by atoms with Crippen LogP contribution in [0.2, 0.25) is 0 Å². The van der Waals surface area contributed by atoms with Gasteiger partial charge in [0.05, 0.1) is 6.04 Å². The van der Waals surface area contributed by atoms with Crippen LogP contribution in [0.5, 0.6) is 0 Å². The van der Waals surface area contributed by atoms with Gasteiger partial charge in [0, 0.05) is 26.2 Å². The molecule has 2 aromatic rings. The van der Waals surface area contributed by atoms with E-state index in [2.05, 4.69) is 40.0 Å². The number of amides is 1. The molecule has 5 heteroatoms. The second-order valence-corrected chi connectivity index (χ2v) is 5.81. The Morgan fingerprint density at radius 2 is 1.88 bits per heavy atom. The molecule has 3 N–H and O–H groups in total. The van der Waals surface area contributed by atoms with Gasteiger partial charge in [-0.2, -0.15) is 0 Å². The minimum Gasteiger partial charge on any atom is -0.356 e. The molecule has 1 amide bonds. The summed E-state index contributed by atoms with van der Waals surface area (Å²) >= 11 is 0. The molecule has 0 spiro atoms. The first-order valence-electron chi connectivity index (χ1n) is 8.47. The summed E-state index contributed by atoms with van der Waals surface area (Å²) in [6.45, 7) is 2.84. The van der Waals surface area contributed by atoms with Crippen molar-refractivity contribution in [2.75, 3.05) is 20.6 Å². The van der Waals surface area contributed by atoms with Crippen molar-refractivity contribution in [1.82, 2.24) is 16.0 Å². The van der Waals surface area contributed by atoms with Gasteiger partial charge in [0.15, 0.2) is 5.96 Å². The van der Waals surface area contributed by atoms with E-state index in [0.717, 1.165) is 24.5 Å². The van der Waals surface area contributed by atoms with Gasteiger partial charge in [0.25, 0.3) is 5.91 Å². The SMILES string of the molecule is CN=C(NCCc1cccc(C(=O)NC)c1)NC(C)c1ccccc1. The van der Waals surface area contributed by atoms with Crippen LogP contribution >= 0.6 is 0 Å². The molecule has 5 nitrogen and oxygen atoms in total. The molecular formula is C20H26N4O. The van der Waals surface area contributed by atoms with E-state index in [0.29, 0.717) is 5.56 Å². The summed E-state index contributed by atoms with van der Waals surface area (Å²) in [7, 11) is 3.40. The van der Waals surface area contributed by atoms with Gasteiger partial charge in [-0.05, 0) is 36.6 Å². The van der Waals surface area contributed by atoms with Gasteiger partial charge < -0.3 is 16.0 Å². The van der Waals surface area contributed by atoms with E-state index in [-0.39, 0.29) is 11.9 Å². The molecule has 0 saturated carbocycles. The van der Waals surface area contributed by atoms with E-state index in [9.17, 15) is 4.79 Å². The van der Waals surface area contributed by atoms with Gasteiger partial charge in [-0.1, -0.05) is 42.5 Å². The topological polar surface area (TPSA) is 65.5 Å². The lowest BCUT2D eigenvalue weighted by Gasteiger charge is -2.18. The molecule has 0 heterocycles. The molecule has 1 unspecified atom stereocenters. The van der Waals surface area contributed by atoms with Crippen LogP contribution in [0.1, 0.15) is 34.5 Å². The van der Waals surface area contributed by atoms with Gasteiger partial charge in [-0.15, -0.1) is 0 Å². The number of nitrogens with one attached hydrogen (secondary N) is 3. The molecule has 0 radical (unpaired) electrons. The second-order valence-electron chi connectivity index (χ2n) is 5.81. The standard InChI is InChI=1S/C20H26N4O/c1-15(17-9-5-4-6-10-17)24-20(22-3)23-13-12-16-8-7-11-18(14-16)19(25)21-2/h4-11,14-15H,12-13H2,1-3H3,(H,21,25)(H2,22,23,24). The van der Waals surface area contributed by atoms with Crippen molar-refractivity contribution in [2.45, 2.75) is 19.4 Å². The highest BCUT2D eigenvalue weighted by Crippen LogP contribution is 2.10. The maximum atomic E-state index is 11.7. The molecule has 0 aromatic heterocycles. The quantitative estimate of drug-likeness (QED) is 0.560. The Labute approximate surface area is 149 Å². The number of benzene rings is 2. The lowest BCUT2D eigenvalue weighted by molar-refractivity contribution is 0.0963. The van der Waals surface area contributed by atoms with Crippen molar-refractivity contribution in [3.05, 3.63) is 71.3 Å². The van der Waals surface area contributed by atoms with Gasteiger partial charge in [0.1, 0.15) is 0 Å². The van der Waals surface area contributed by atoms with Crippen molar-refractivity contribution in [2.24, 2.45) is 4.99 Å². The Kier molecular flexibility index (Phi) is 7.01. The van der Waals surface area contributed by atoms with Crippen molar-refractivity contribution in [1.29, 1.82) is 0 Å². The summed E-state index contributed by atoms with van der Waals surface area (Å²) in [6, 6.07) is 18.1. The number of aliphatic imine (C=N–C) groups is 1. The van der Waals surface area contributed by atoms with Gasteiger partial charge >= 0.3 is 0 Å². The molecule has 0 aliphatic rings. The minimum atomic E-state index is -0.0658. The lowest BCUT2D eigenvalue weighted by Crippen LogP contribution is -2.39. The number of hydrogen-bond donors (Lipinski definition) is 3. The molecule has 2 rings (SSSR count). The average Bonchev–Trinajstić information content (AvgIpc) is 2.67. The number of carbonyl (C=O) groups excluding carboxylic acids is 1. The van der Waals surface area contributed by atoms with Crippen molar-refractivity contribution >= 4 is 11.9 Å². The highest BCUT2D eigenvalue weighted by Gasteiger charge is 2.07. The number of hydrogen-bond acceptors (Lipinski definition) is 2. The fraction of sp³-hybridized carbons (Fsp3) is 0.300. The van der Waals surface area contributed by atoms with Crippen LogP contribution in [-0.2, 0) is 6.42 Å². The van der Waals surface area contributed by atoms with E-state index in [1.54, 1.807) is 14.1 Å². The predicted molar refractivity (Wildman–Crippen MR) is 103 cm³/mol. The summed E-state index contributed by atoms with van der Waals surface area (Å²) in [6.07, 6.45) is 0.811. The van der Waals surface area contributed by atoms with Crippen LogP contribution in [0, 0.1) is 0 Å². The molecule has 0 bridgehead atoms. The van der Waals surface area contributed by atoms with Gasteiger partial charge in [-0.3, -0.25) is 9.79 Å². The molecule has 0 aliphatic heterocycles. The summed E-state index contributed by atoms with van der Waals surface area (Å²) in [4.78, 5) is 16.0. The molecule has 0 aliphatic carbocycles. The normalized spacial score (nSPS) is 12.4. The van der Waals surface area contributed by atoms with Crippen molar-refractivity contribution < 1.29 is 4.79 Å². The van der Waals surface area contributed by atoms with Crippen LogP contribution in [0.15, 0.2) is 59.6 Å². The number of carbonyl (C=O) groups is 1. The van der Waals surface area contributed by atoms with E-state index >= 15 is 0 Å². The third kappa shape index (κ3) is 5.64. The maximum absolute atomic E-state index is 11.7. The zero-order chi connectivity index (χ0) is 18.1. The van der Waals surface area contributed by atoms with E-state index in [4.69, 9.17) is 0 Å². The minimum absolute atomic E-state index is 0.0658. The molecular weight excluding hydrogens is 312 g/mol. The first kappa shape index (κ1) is 18.5. The smallest absolute Gasteiger partial charge is 0.251 e. The summed E-state index contributed by atoms with van der Waals surface area (Å²) < 4.78 is 0. The van der Waals surface area contributed by atoms with E-state index < -0.39 is 0 Å². The molecule has 2 aromatic carbocycles. The zero-order valence-electron chi connectivity index (χ0n) is 15.0. The summed E-state index contributed by atoms with van der Waals surface area (Å²) in [5.41, 5.74) is 3.00. The Hall–Kier alpha value is -2.82. The van der Waals surface area contributed by atoms with Crippen LogP contribution in [-0.4, -0.2) is 32.5 Å². The molecule has 25 heavy (non-hydrogen) atoms. The second kappa shape index (κ2) is 9.47. The van der Waals surface area contributed by atoms with E-state index in [1.165, 1.54) is 5.56 Å². The van der Waals surface area contributed by atoms with Crippen LogP contribution in [0.25, 0.3) is 0 Å². The van der Waals surface area contributed by atoms with Gasteiger partial charge in [0.2, 0.25) is 0 Å². The molecule has 0 saturated heterocycles. The van der Waals surface area contributed by atoms with Crippen molar-refractivity contribution in [3.63, 3.8) is 0 Å². The third-order valence-electron chi connectivity index (χ3n) is 4.00. The third-order valence-corrected chi connectivity index (χ3v) is 4.00. The highest BCUT2D eigenvalue weighted by atomic mass is 16.1. The first-order chi connectivity index (χ1) is 12.1. The summed E-state index contributed by atoms with van der Waals surface area (Å²) in [5, 5.41) is 9.35. The number of guanidine groups is 1. The average molecular weight is 338 g/mol. The predicted octanol–water partition coefficient (Wildman–Crippen LogP) is 2.51. The Morgan fingerprint density at radius 3 is 2.56 bits per heavy atom. The Bertz CT molecular complexity index is 713. The summed E-state index contributed by atoms with van der Waals surface area (Å²) in [5.74, 6) is 0.697. The molecule has 132 valence electrons. The molecule has 0 fully saturated rings. The highest BCUT2D eigenvalue weighted by molar-refractivity contribution is 5.94. The van der Waals surface area contributed by atoms with Crippen LogP contribution in [0.3, 0.4) is 0 Å². The number of nitrogens with zero attached hydrogens (tertiary/aromatic N) is 1. The fourth-order valence-corrected chi connectivity index (χ4v) is 2.56. The Balaban J connectivity index is 1.86. The zero-order valence-corrected chi connectivity index (χ0v) is 15.0. The van der Waals surface area contributed by atoms with Crippen molar-refractivity contribution in [3.8, 4) is 0 Å². The molecule has 1 atom stereocenters. The fourth-order valence-electron chi connectivity index (χ4n) is 2.56. The maximum Gasteiger partial charge on any atom is 0.251 e. The monoisotopic (exact) mass is 338 g/mol. The van der Waals surface area contributed by atoms with Crippen LogP contribution < -0.4 is 16.0 Å². The van der Waals surface area contributed by atoms with Crippen LogP contribution in [0.4, 0.5) is 0 Å².